The Kier molecular flexibility index (Phi) is 2.68. The first-order valence-electron chi connectivity index (χ1n) is 5.40. The van der Waals surface area contributed by atoms with Crippen molar-refractivity contribution in [1.29, 1.82) is 0 Å². The van der Waals surface area contributed by atoms with E-state index in [1.54, 1.807) is 18.2 Å². The van der Waals surface area contributed by atoms with Crippen molar-refractivity contribution in [2.24, 2.45) is 0 Å². The van der Waals surface area contributed by atoms with Gasteiger partial charge in [0.25, 0.3) is 0 Å². The van der Waals surface area contributed by atoms with Gasteiger partial charge in [-0.1, -0.05) is 28.8 Å². The quantitative estimate of drug-likeness (QED) is 0.860. The van der Waals surface area contributed by atoms with Crippen LogP contribution in [0.1, 0.15) is 11.6 Å². The van der Waals surface area contributed by atoms with E-state index in [4.69, 9.17) is 16.7 Å². The average Bonchev–Trinajstić information content (AvgIpc) is 2.85. The van der Waals surface area contributed by atoms with Crippen LogP contribution in [0.4, 0.5) is 5.95 Å². The smallest absolute Gasteiger partial charge is 0.352 e. The average molecular weight is 278 g/mol. The molecule has 0 aliphatic carbocycles. The lowest BCUT2D eigenvalue weighted by atomic mass is 10.0. The molecule has 1 unspecified atom stereocenters. The van der Waals surface area contributed by atoms with Crippen LogP contribution in [0.2, 0.25) is 5.02 Å². The number of nitrogens with zero attached hydrogens (tertiary/aromatic N) is 4. The fourth-order valence-corrected chi connectivity index (χ4v) is 2.11. The van der Waals surface area contributed by atoms with Gasteiger partial charge in [-0.15, -0.1) is 0 Å². The highest BCUT2D eigenvalue weighted by molar-refractivity contribution is 6.30. The molecule has 0 bridgehead atoms. The maximum absolute atomic E-state index is 11.1. The molecule has 96 valence electrons. The van der Waals surface area contributed by atoms with Crippen molar-refractivity contribution in [2.45, 2.75) is 6.04 Å². The summed E-state index contributed by atoms with van der Waals surface area (Å²) in [4.78, 5) is 11.1. The normalized spacial score (nSPS) is 17.3. The van der Waals surface area contributed by atoms with Crippen LogP contribution in [0.3, 0.4) is 0 Å². The van der Waals surface area contributed by atoms with E-state index in [-0.39, 0.29) is 11.6 Å². The Morgan fingerprint density at radius 3 is 3.05 bits per heavy atom. The lowest BCUT2D eigenvalue weighted by molar-refractivity contribution is -0.132. The zero-order valence-corrected chi connectivity index (χ0v) is 10.2. The lowest BCUT2D eigenvalue weighted by Crippen LogP contribution is -2.24. The van der Waals surface area contributed by atoms with Crippen LogP contribution in [0.5, 0.6) is 0 Å². The number of carboxylic acid groups (broad SMARTS) is 1. The first-order chi connectivity index (χ1) is 9.15. The molecule has 2 N–H and O–H groups in total. The van der Waals surface area contributed by atoms with Crippen LogP contribution in [0, 0.1) is 0 Å². The van der Waals surface area contributed by atoms with Gasteiger partial charge in [0, 0.05) is 5.02 Å². The highest BCUT2D eigenvalue weighted by Crippen LogP contribution is 2.28. The minimum absolute atomic E-state index is 0.0345. The van der Waals surface area contributed by atoms with Crippen molar-refractivity contribution in [1.82, 2.24) is 20.2 Å². The van der Waals surface area contributed by atoms with Crippen molar-refractivity contribution < 1.29 is 9.90 Å². The van der Waals surface area contributed by atoms with E-state index >= 15 is 0 Å². The number of rotatable bonds is 2. The number of carboxylic acids is 1. The molecule has 0 spiro atoms. The molecule has 1 aliphatic heterocycles. The number of tetrazole rings is 1. The second-order valence-electron chi connectivity index (χ2n) is 3.96. The maximum Gasteiger partial charge on any atom is 0.352 e. The molecule has 3 rings (SSSR count). The number of benzene rings is 1. The number of halogens is 1. The zero-order chi connectivity index (χ0) is 13.4. The molecule has 0 saturated carbocycles. The van der Waals surface area contributed by atoms with Gasteiger partial charge >= 0.3 is 5.97 Å². The minimum Gasteiger partial charge on any atom is -0.477 e. The Morgan fingerprint density at radius 1 is 1.47 bits per heavy atom. The van der Waals surface area contributed by atoms with Crippen LogP contribution < -0.4 is 5.32 Å². The summed E-state index contributed by atoms with van der Waals surface area (Å²) < 4.78 is 1.50. The molecule has 0 fully saturated rings. The first-order valence-corrected chi connectivity index (χ1v) is 5.78. The van der Waals surface area contributed by atoms with E-state index in [0.717, 1.165) is 5.56 Å². The largest absolute Gasteiger partial charge is 0.477 e. The van der Waals surface area contributed by atoms with E-state index in [1.165, 1.54) is 10.8 Å². The molecule has 1 aliphatic rings. The number of aliphatic carboxylic acids is 1. The van der Waals surface area contributed by atoms with Gasteiger partial charge in [-0.3, -0.25) is 0 Å². The summed E-state index contributed by atoms with van der Waals surface area (Å²) in [6.45, 7) is 0. The molecule has 2 aromatic rings. The minimum atomic E-state index is -1.07. The lowest BCUT2D eigenvalue weighted by Gasteiger charge is -2.21. The molecule has 7 nitrogen and oxygen atoms in total. The van der Waals surface area contributed by atoms with Gasteiger partial charge in [-0.25, -0.2) is 4.79 Å². The third-order valence-electron chi connectivity index (χ3n) is 2.75. The van der Waals surface area contributed by atoms with Crippen molar-refractivity contribution in [3.05, 3.63) is 46.6 Å². The molecule has 0 amide bonds. The van der Waals surface area contributed by atoms with Crippen molar-refractivity contribution in [3.63, 3.8) is 0 Å². The summed E-state index contributed by atoms with van der Waals surface area (Å²) in [7, 11) is 0. The molecular formula is C11H8ClN5O2. The third kappa shape index (κ3) is 2.04. The molecule has 1 aromatic heterocycles. The zero-order valence-electron chi connectivity index (χ0n) is 9.49. The van der Waals surface area contributed by atoms with E-state index in [9.17, 15) is 4.79 Å². The van der Waals surface area contributed by atoms with Gasteiger partial charge in [0.2, 0.25) is 5.95 Å². The van der Waals surface area contributed by atoms with Gasteiger partial charge in [0.05, 0.1) is 0 Å². The number of nitrogens with one attached hydrogen (secondary N) is 1. The Bertz CT molecular complexity index is 681. The second-order valence-corrected chi connectivity index (χ2v) is 4.39. The van der Waals surface area contributed by atoms with Gasteiger partial charge in [-0.2, -0.15) is 4.68 Å². The Labute approximate surface area is 112 Å². The van der Waals surface area contributed by atoms with E-state index in [1.807, 2.05) is 6.07 Å². The monoisotopic (exact) mass is 277 g/mol. The summed E-state index contributed by atoms with van der Waals surface area (Å²) in [6.07, 6.45) is 1.54. The summed E-state index contributed by atoms with van der Waals surface area (Å²) in [5, 5.41) is 23.4. The van der Waals surface area contributed by atoms with Gasteiger partial charge in [0.1, 0.15) is 11.7 Å². The number of hydrogen-bond donors (Lipinski definition) is 2. The van der Waals surface area contributed by atoms with E-state index in [0.29, 0.717) is 5.02 Å². The number of carbonyl (C=O) groups is 1. The highest BCUT2D eigenvalue weighted by Gasteiger charge is 2.26. The van der Waals surface area contributed by atoms with Crippen molar-refractivity contribution in [2.75, 3.05) is 5.32 Å². The van der Waals surface area contributed by atoms with E-state index in [2.05, 4.69) is 20.8 Å². The number of anilines is 1. The molecular weight excluding hydrogens is 270 g/mol. The van der Waals surface area contributed by atoms with Gasteiger partial charge in [0.15, 0.2) is 0 Å². The van der Waals surface area contributed by atoms with Crippen LogP contribution in [0.25, 0.3) is 0 Å². The number of allylic oxidation sites excluding steroid dienone is 1. The number of fused-ring (bicyclic) bond motifs is 1. The Balaban J connectivity index is 2.11. The second kappa shape index (κ2) is 4.36. The molecule has 1 atom stereocenters. The van der Waals surface area contributed by atoms with Crippen LogP contribution in [0.15, 0.2) is 36.0 Å². The molecule has 1 aromatic carbocycles. The topological polar surface area (TPSA) is 92.9 Å². The molecule has 2 heterocycles. The molecule has 8 heteroatoms. The van der Waals surface area contributed by atoms with Crippen LogP contribution >= 0.6 is 11.6 Å². The fraction of sp³-hybridized carbons (Fsp3) is 0.0909. The Hall–Kier alpha value is -2.41. The summed E-state index contributed by atoms with van der Waals surface area (Å²) >= 11 is 5.95. The summed E-state index contributed by atoms with van der Waals surface area (Å²) in [5.74, 6) is -0.786. The standard InChI is InChI=1S/C11H8ClN5O2/c12-7-3-1-2-6(4-7)9-5-8(10(18)19)13-11-14-15-16-17(9)11/h1-5,9H,(H,18,19)(H,13,14,16). The third-order valence-corrected chi connectivity index (χ3v) is 2.98. The number of hydrogen-bond acceptors (Lipinski definition) is 5. The highest BCUT2D eigenvalue weighted by atomic mass is 35.5. The molecule has 0 radical (unpaired) electrons. The maximum atomic E-state index is 11.1. The van der Waals surface area contributed by atoms with Crippen molar-refractivity contribution in [3.8, 4) is 0 Å². The predicted octanol–water partition coefficient (Wildman–Crippen LogP) is 1.31. The van der Waals surface area contributed by atoms with E-state index < -0.39 is 12.0 Å². The van der Waals surface area contributed by atoms with Crippen LogP contribution in [-0.2, 0) is 4.79 Å². The summed E-state index contributed by atoms with van der Waals surface area (Å²) in [5.41, 5.74) is 0.841. The van der Waals surface area contributed by atoms with Crippen molar-refractivity contribution >= 4 is 23.5 Å². The SMILES string of the molecule is O=C(O)C1=CC(c2cccc(Cl)c2)n2nnnc2N1. The van der Waals surface area contributed by atoms with Gasteiger partial charge < -0.3 is 10.4 Å². The van der Waals surface area contributed by atoms with Crippen LogP contribution in [-0.4, -0.2) is 31.3 Å². The fourth-order valence-electron chi connectivity index (χ4n) is 1.91. The number of aromatic nitrogens is 4. The Morgan fingerprint density at radius 2 is 2.32 bits per heavy atom. The summed E-state index contributed by atoms with van der Waals surface area (Å²) in [6, 6.07) is 6.71. The molecule has 0 saturated heterocycles. The van der Waals surface area contributed by atoms with Gasteiger partial charge in [-0.05, 0) is 34.2 Å². The predicted molar refractivity (Wildman–Crippen MR) is 66.7 cm³/mol. The molecule has 19 heavy (non-hydrogen) atoms. The first kappa shape index (κ1) is 11.7.